The first kappa shape index (κ1) is 51.4. The van der Waals surface area contributed by atoms with Gasteiger partial charge in [-0.25, -0.2) is 26.3 Å². The van der Waals surface area contributed by atoms with Gasteiger partial charge in [-0.2, -0.15) is 12.7 Å². The summed E-state index contributed by atoms with van der Waals surface area (Å²) in [4.78, 5) is 23.8. The monoisotopic (exact) mass is 1050 g/mol. The van der Waals surface area contributed by atoms with Crippen molar-refractivity contribution in [2.24, 2.45) is 10.1 Å². The van der Waals surface area contributed by atoms with E-state index in [1.807, 2.05) is 0 Å². The van der Waals surface area contributed by atoms with Crippen molar-refractivity contribution in [3.8, 4) is 39.8 Å². The molecular weight excluding hydrogens is 1000 g/mol. The van der Waals surface area contributed by atoms with Crippen LogP contribution in [0.1, 0.15) is 22.3 Å². The number of carbonyl (C=O) groups is 2. The molecule has 0 saturated carbocycles. The minimum absolute atomic E-state index is 0.105. The molecule has 3 heterocycles. The first-order valence-electron chi connectivity index (χ1n) is 22.2. The Balaban J connectivity index is 1.49. The number of primary amides is 1. The molecule has 1 fully saturated rings. The van der Waals surface area contributed by atoms with Gasteiger partial charge in [0.1, 0.15) is 33.9 Å². The van der Waals surface area contributed by atoms with Crippen molar-refractivity contribution in [3.63, 3.8) is 0 Å². The van der Waals surface area contributed by atoms with E-state index in [1.54, 1.807) is 91.9 Å². The van der Waals surface area contributed by atoms with Gasteiger partial charge in [0.15, 0.2) is 21.1 Å². The van der Waals surface area contributed by atoms with Crippen molar-refractivity contribution in [1.82, 2.24) is 34.0 Å². The second kappa shape index (κ2) is 21.0. The lowest BCUT2D eigenvalue weighted by Crippen LogP contribution is -2.56. The van der Waals surface area contributed by atoms with Crippen LogP contribution in [0.3, 0.4) is 0 Å². The zero-order valence-corrected chi connectivity index (χ0v) is 42.2. The van der Waals surface area contributed by atoms with Crippen LogP contribution in [0, 0.1) is 6.92 Å². The number of aryl methyl sites for hydroxylation is 1. The van der Waals surface area contributed by atoms with Crippen LogP contribution in [0.4, 0.5) is 4.79 Å². The summed E-state index contributed by atoms with van der Waals surface area (Å²) in [5.41, 5.74) is 7.00. The molecule has 0 radical (unpaired) electrons. The van der Waals surface area contributed by atoms with Gasteiger partial charge in [-0.1, -0.05) is 60.2 Å². The summed E-state index contributed by atoms with van der Waals surface area (Å²) < 4.78 is 116. The Hall–Kier alpha value is -7.93. The molecule has 0 aliphatic carbocycles. The van der Waals surface area contributed by atoms with Crippen LogP contribution in [0.2, 0.25) is 0 Å². The first-order chi connectivity index (χ1) is 34.8. The number of rotatable bonds is 19. The number of hydrogen-bond donors (Lipinski definition) is 2. The van der Waals surface area contributed by atoms with Gasteiger partial charge < -0.3 is 34.5 Å². The molecule has 0 spiro atoms. The summed E-state index contributed by atoms with van der Waals surface area (Å²) in [6.45, 7) is -0.577. The molecule has 0 bridgehead atoms. The van der Waals surface area contributed by atoms with Crippen LogP contribution in [0.15, 0.2) is 147 Å². The summed E-state index contributed by atoms with van der Waals surface area (Å²) >= 11 is 0. The third-order valence-electron chi connectivity index (χ3n) is 12.0. The summed E-state index contributed by atoms with van der Waals surface area (Å²) in [5, 5.41) is 21.0. The van der Waals surface area contributed by atoms with Crippen molar-refractivity contribution in [1.29, 1.82) is 0 Å². The molecule has 5 aromatic carbocycles. The van der Waals surface area contributed by atoms with E-state index in [0.717, 1.165) is 20.8 Å². The number of nitrogens with zero attached hydrogens (tertiary/aromatic N) is 8. The lowest BCUT2D eigenvalue weighted by molar-refractivity contribution is -0.118. The Morgan fingerprint density at radius 3 is 1.81 bits per heavy atom. The van der Waals surface area contributed by atoms with Crippen LogP contribution in [-0.4, -0.2) is 116 Å². The average Bonchev–Trinajstić information content (AvgIpc) is 3.81. The molecule has 24 heteroatoms. The van der Waals surface area contributed by atoms with Gasteiger partial charge in [-0.3, -0.25) is 4.79 Å². The number of carboxylic acid groups (broad SMARTS) is 1. The molecule has 2 amide bonds. The van der Waals surface area contributed by atoms with Crippen molar-refractivity contribution < 1.29 is 54.2 Å². The fourth-order valence-electron chi connectivity index (χ4n) is 8.11. The fourth-order valence-corrected chi connectivity index (χ4v) is 13.2. The zero-order valence-electron chi connectivity index (χ0n) is 39.8. The van der Waals surface area contributed by atoms with E-state index in [4.69, 9.17) is 19.9 Å². The number of likely N-dealkylation sites (tertiary alicyclic amines) is 1. The number of aromatic nitrogens is 5. The predicted octanol–water partition coefficient (Wildman–Crippen LogP) is 4.49. The molecular formula is C49H49N9O12S3. The summed E-state index contributed by atoms with van der Waals surface area (Å²) in [5.74, 6) is 0.333. The lowest BCUT2D eigenvalue weighted by Gasteiger charge is -2.37. The molecule has 1 aliphatic rings. The molecule has 0 unspecified atom stereocenters. The van der Waals surface area contributed by atoms with Gasteiger partial charge in [-0.05, 0) is 106 Å². The summed E-state index contributed by atoms with van der Waals surface area (Å²) in [6, 6.07) is 31.0. The second-order valence-electron chi connectivity index (χ2n) is 16.9. The normalized spacial score (nSPS) is 13.4. The maximum Gasteiger partial charge on any atom is 0.407 e. The number of hydrogen-bond acceptors (Lipinski definition) is 14. The Bertz CT molecular complexity index is 3550. The third-order valence-corrected chi connectivity index (χ3v) is 17.5. The van der Waals surface area contributed by atoms with E-state index in [-0.39, 0.29) is 47.0 Å². The number of amides is 2. The topological polar surface area (TPSA) is 278 Å². The fraction of sp³-hybridized carbons (Fsp3) is 0.224. The lowest BCUT2D eigenvalue weighted by atomic mass is 9.99. The molecule has 1 saturated heterocycles. The van der Waals surface area contributed by atoms with Crippen molar-refractivity contribution >= 4 is 41.9 Å². The van der Waals surface area contributed by atoms with Crippen molar-refractivity contribution in [3.05, 3.63) is 155 Å². The molecule has 380 valence electrons. The maximum absolute atomic E-state index is 16.4. The van der Waals surface area contributed by atoms with E-state index in [9.17, 15) is 23.1 Å². The van der Waals surface area contributed by atoms with Crippen LogP contribution in [0.5, 0.6) is 17.2 Å². The minimum atomic E-state index is -5.19. The Morgan fingerprint density at radius 1 is 0.740 bits per heavy atom. The molecule has 8 rings (SSSR count). The SMILES string of the molecule is COc1ccc(CN(Cc2ccc(OC)cc2)S(=O)(=O)c2c(S(=O)(=O)C3CN(C(=O)O)C3)ccc(-c3cccn(CC(N)=O)c3=NS(=O)(=O)c3ccc(C)cc3)c2-c2nnnn2Cc2ccc(OC)cc2)cc1. The number of sulfone groups is 1. The highest BCUT2D eigenvalue weighted by molar-refractivity contribution is 7.94. The number of carbonyl (C=O) groups excluding carboxylic acids is 1. The van der Waals surface area contributed by atoms with Gasteiger partial charge >= 0.3 is 6.09 Å². The quantitative estimate of drug-likeness (QED) is 0.113. The van der Waals surface area contributed by atoms with Crippen molar-refractivity contribution in [2.75, 3.05) is 34.4 Å². The largest absolute Gasteiger partial charge is 0.497 e. The second-order valence-corrected chi connectivity index (χ2v) is 22.5. The van der Waals surface area contributed by atoms with Gasteiger partial charge in [0.25, 0.3) is 10.0 Å². The number of tetrazole rings is 1. The molecule has 7 aromatic rings. The number of nitrogens with two attached hydrogens (primary N) is 1. The van der Waals surface area contributed by atoms with Gasteiger partial charge in [0.2, 0.25) is 15.9 Å². The zero-order chi connectivity index (χ0) is 52.2. The highest BCUT2D eigenvalue weighted by Crippen LogP contribution is 2.43. The van der Waals surface area contributed by atoms with Crippen molar-refractivity contribution in [2.45, 2.75) is 53.0 Å². The molecule has 1 aliphatic heterocycles. The van der Waals surface area contributed by atoms with Crippen LogP contribution >= 0.6 is 0 Å². The van der Waals surface area contributed by atoms with E-state index < -0.39 is 82.1 Å². The number of pyridine rings is 1. The first-order valence-corrected chi connectivity index (χ1v) is 26.7. The van der Waals surface area contributed by atoms with Crippen LogP contribution < -0.4 is 25.4 Å². The highest BCUT2D eigenvalue weighted by atomic mass is 32.2. The Morgan fingerprint density at radius 2 is 1.29 bits per heavy atom. The van der Waals surface area contributed by atoms with E-state index in [0.29, 0.717) is 33.9 Å². The summed E-state index contributed by atoms with van der Waals surface area (Å²) in [7, 11) is -10.2. The number of ether oxygens (including phenoxy) is 3. The number of sulfonamides is 2. The van der Waals surface area contributed by atoms with Gasteiger partial charge in [0.05, 0.1) is 43.2 Å². The molecule has 73 heavy (non-hydrogen) atoms. The Kier molecular flexibility index (Phi) is 14.8. The summed E-state index contributed by atoms with van der Waals surface area (Å²) in [6.07, 6.45) is -0.0128. The average molecular weight is 1050 g/mol. The van der Waals surface area contributed by atoms with E-state index >= 15 is 16.8 Å². The molecule has 21 nitrogen and oxygen atoms in total. The van der Waals surface area contributed by atoms with Crippen LogP contribution in [-0.2, 0) is 60.9 Å². The van der Waals surface area contributed by atoms with Crippen LogP contribution in [0.25, 0.3) is 22.5 Å². The number of benzene rings is 5. The maximum atomic E-state index is 16.4. The van der Waals surface area contributed by atoms with Gasteiger partial charge in [0, 0.05) is 37.9 Å². The third kappa shape index (κ3) is 11.0. The Labute approximate surface area is 420 Å². The number of methoxy groups -OCH3 is 3. The predicted molar refractivity (Wildman–Crippen MR) is 265 cm³/mol. The molecule has 0 atom stereocenters. The molecule has 3 N–H and O–H groups in total. The molecule has 2 aromatic heterocycles. The van der Waals surface area contributed by atoms with E-state index in [1.165, 1.54) is 67.1 Å². The van der Waals surface area contributed by atoms with E-state index in [2.05, 4.69) is 19.9 Å². The smallest absolute Gasteiger partial charge is 0.407 e. The minimum Gasteiger partial charge on any atom is -0.497 e. The highest BCUT2D eigenvalue weighted by Gasteiger charge is 2.45. The van der Waals surface area contributed by atoms with Gasteiger partial charge in [-0.15, -0.1) is 9.50 Å². The standard InChI is InChI=1S/C49H49N9O12S3/c1-32-7-21-39(22-8-32)72(64,65)52-47-42(6-5-25-55(47)31-44(50)59)41-23-24-43(71(62,63)40-29-56(30-40)49(60)61)46(45(41)48-51-53-54-58(48)28-35-13-19-38(70-4)20-14-35)73(66,67)57(26-33-9-15-36(68-2)16-10-33)27-34-11-17-37(69-3)18-12-34/h5-25,40H,26-31H2,1-4H3,(H2,50,59)(H,60,61).